The minimum absolute atomic E-state index is 0.0695. The number of anilines is 2. The van der Waals surface area contributed by atoms with Crippen LogP contribution in [0.25, 0.3) is 0 Å². The molecule has 9 heteroatoms. The molecular weight excluding hydrogens is 508 g/mol. The monoisotopic (exact) mass is 532 g/mol. The molecule has 3 aromatic rings. The molecule has 0 radical (unpaired) electrons. The van der Waals surface area contributed by atoms with Gasteiger partial charge in [-0.2, -0.15) is 0 Å². The Hall–Kier alpha value is -4.43. The minimum atomic E-state index is -0.774. The van der Waals surface area contributed by atoms with E-state index in [1.54, 1.807) is 30.3 Å². The van der Waals surface area contributed by atoms with Crippen molar-refractivity contribution in [3.63, 3.8) is 0 Å². The summed E-state index contributed by atoms with van der Waals surface area (Å²) >= 11 is 6.25. The first-order valence-corrected chi connectivity index (χ1v) is 12.3. The molecule has 0 spiro atoms. The topological polar surface area (TPSA) is 102 Å². The van der Waals surface area contributed by atoms with Crippen LogP contribution < -0.4 is 15.0 Å². The summed E-state index contributed by atoms with van der Waals surface area (Å²) < 4.78 is 10.7. The Morgan fingerprint density at radius 1 is 0.921 bits per heavy atom. The quantitative estimate of drug-likeness (QED) is 0.231. The number of imide groups is 1. The first-order valence-electron chi connectivity index (χ1n) is 11.9. The molecule has 2 amide bonds. The van der Waals surface area contributed by atoms with E-state index >= 15 is 0 Å². The van der Waals surface area contributed by atoms with Gasteiger partial charge in [0.15, 0.2) is 0 Å². The van der Waals surface area contributed by atoms with Crippen LogP contribution in [0.15, 0.2) is 77.5 Å². The molecule has 0 unspecified atom stereocenters. The summed E-state index contributed by atoms with van der Waals surface area (Å²) in [6.45, 7) is 5.82. The molecule has 0 aliphatic carbocycles. The maximum atomic E-state index is 13.2. The van der Waals surface area contributed by atoms with E-state index in [4.69, 9.17) is 21.1 Å². The lowest BCUT2D eigenvalue weighted by Crippen LogP contribution is -2.33. The second-order valence-corrected chi connectivity index (χ2v) is 9.03. The van der Waals surface area contributed by atoms with Crippen LogP contribution >= 0.6 is 11.6 Å². The molecule has 38 heavy (non-hydrogen) atoms. The van der Waals surface area contributed by atoms with Crippen LogP contribution in [0.4, 0.5) is 11.4 Å². The van der Waals surface area contributed by atoms with E-state index in [0.717, 1.165) is 16.0 Å². The summed E-state index contributed by atoms with van der Waals surface area (Å²) in [6.07, 6.45) is 0.624. The van der Waals surface area contributed by atoms with E-state index in [0.29, 0.717) is 23.4 Å². The summed E-state index contributed by atoms with van der Waals surface area (Å²) in [5.74, 6) is -2.21. The van der Waals surface area contributed by atoms with Crippen LogP contribution in [0.1, 0.15) is 45.2 Å². The first-order chi connectivity index (χ1) is 18.2. The van der Waals surface area contributed by atoms with Crippen molar-refractivity contribution in [2.45, 2.75) is 27.2 Å². The number of para-hydroxylation sites is 1. The van der Waals surface area contributed by atoms with Crippen LogP contribution in [0, 0.1) is 13.8 Å². The van der Waals surface area contributed by atoms with Crippen molar-refractivity contribution in [2.75, 3.05) is 16.8 Å². The summed E-state index contributed by atoms with van der Waals surface area (Å²) in [5.41, 5.74) is 2.50. The number of hydrogen-bond donors (Lipinski definition) is 1. The summed E-state index contributed by atoms with van der Waals surface area (Å²) in [6, 6.07) is 17.9. The summed E-state index contributed by atoms with van der Waals surface area (Å²) in [4.78, 5) is 52.1. The number of ether oxygens (including phenoxy) is 2. The Morgan fingerprint density at radius 3 is 2.34 bits per heavy atom. The second-order valence-electron chi connectivity index (χ2n) is 8.65. The van der Waals surface area contributed by atoms with Crippen molar-refractivity contribution >= 4 is 46.7 Å². The molecule has 0 aromatic heterocycles. The summed E-state index contributed by atoms with van der Waals surface area (Å²) in [7, 11) is 0. The Morgan fingerprint density at radius 2 is 1.63 bits per heavy atom. The fraction of sp³-hybridized carbons (Fsp3) is 0.172. The van der Waals surface area contributed by atoms with E-state index in [2.05, 4.69) is 5.32 Å². The average molecular weight is 533 g/mol. The zero-order valence-corrected chi connectivity index (χ0v) is 21.8. The van der Waals surface area contributed by atoms with Gasteiger partial charge in [0.05, 0.1) is 23.4 Å². The highest BCUT2D eigenvalue weighted by Gasteiger charge is 2.40. The number of carbonyl (C=O) groups is 4. The fourth-order valence-corrected chi connectivity index (χ4v) is 3.97. The third-order valence-electron chi connectivity index (χ3n) is 5.77. The van der Waals surface area contributed by atoms with Crippen LogP contribution in [-0.2, 0) is 14.3 Å². The molecule has 3 aromatic carbocycles. The predicted molar refractivity (Wildman–Crippen MR) is 143 cm³/mol. The van der Waals surface area contributed by atoms with Gasteiger partial charge < -0.3 is 14.8 Å². The first kappa shape index (κ1) is 26.6. The largest absolute Gasteiger partial charge is 0.462 e. The molecule has 1 aliphatic heterocycles. The van der Waals surface area contributed by atoms with E-state index in [-0.39, 0.29) is 28.6 Å². The van der Waals surface area contributed by atoms with Crippen molar-refractivity contribution in [1.82, 2.24) is 0 Å². The van der Waals surface area contributed by atoms with Gasteiger partial charge in [0.25, 0.3) is 11.8 Å². The van der Waals surface area contributed by atoms with Crippen LogP contribution in [0.3, 0.4) is 0 Å². The number of nitrogens with zero attached hydrogens (tertiary/aromatic N) is 1. The standard InChI is InChI=1S/C29H25ClN2O6/c1-4-15-37-29(36)21-7-5-6-8-22(21)32-26(33)24(30)25(27(32)34)31-20-13-11-19(12-14-20)28(35)38-23-16-17(2)9-10-18(23)3/h5-14,16,31H,4,15H2,1-3H3. The van der Waals surface area contributed by atoms with E-state index in [9.17, 15) is 19.2 Å². The highest BCUT2D eigenvalue weighted by Crippen LogP contribution is 2.32. The molecule has 8 nitrogen and oxygen atoms in total. The number of hydrogen-bond acceptors (Lipinski definition) is 7. The molecule has 0 atom stereocenters. The molecule has 194 valence electrons. The maximum Gasteiger partial charge on any atom is 0.343 e. The normalized spacial score (nSPS) is 13.1. The molecule has 0 saturated heterocycles. The van der Waals surface area contributed by atoms with E-state index in [1.807, 2.05) is 32.9 Å². The number of aryl methyl sites for hydroxylation is 2. The van der Waals surface area contributed by atoms with Gasteiger partial charge in [0.2, 0.25) is 0 Å². The Balaban J connectivity index is 1.51. The Bertz CT molecular complexity index is 1460. The average Bonchev–Trinajstić information content (AvgIpc) is 3.12. The molecule has 0 bridgehead atoms. The van der Waals surface area contributed by atoms with Gasteiger partial charge in [-0.15, -0.1) is 0 Å². The van der Waals surface area contributed by atoms with E-state index in [1.165, 1.54) is 24.3 Å². The van der Waals surface area contributed by atoms with Gasteiger partial charge in [-0.1, -0.05) is 42.8 Å². The molecule has 0 fully saturated rings. The lowest BCUT2D eigenvalue weighted by Gasteiger charge is -2.18. The van der Waals surface area contributed by atoms with Crippen LogP contribution in [0.2, 0.25) is 0 Å². The van der Waals surface area contributed by atoms with Crippen molar-refractivity contribution < 1.29 is 28.7 Å². The Labute approximate surface area is 224 Å². The fourth-order valence-electron chi connectivity index (χ4n) is 3.75. The van der Waals surface area contributed by atoms with Gasteiger partial charge >= 0.3 is 11.9 Å². The number of halogens is 1. The number of amides is 2. The van der Waals surface area contributed by atoms with Gasteiger partial charge in [0.1, 0.15) is 16.5 Å². The Kier molecular flexibility index (Phi) is 7.93. The molecular formula is C29H25ClN2O6. The van der Waals surface area contributed by atoms with Crippen LogP contribution in [-0.4, -0.2) is 30.4 Å². The zero-order valence-electron chi connectivity index (χ0n) is 21.0. The third kappa shape index (κ3) is 5.45. The number of benzene rings is 3. The molecule has 1 aliphatic rings. The minimum Gasteiger partial charge on any atom is -0.462 e. The molecule has 4 rings (SSSR count). The van der Waals surface area contributed by atoms with Crippen molar-refractivity contribution in [3.8, 4) is 5.75 Å². The number of esters is 2. The lowest BCUT2D eigenvalue weighted by atomic mass is 10.1. The lowest BCUT2D eigenvalue weighted by molar-refractivity contribution is -0.120. The predicted octanol–water partition coefficient (Wildman–Crippen LogP) is 5.53. The highest BCUT2D eigenvalue weighted by molar-refractivity contribution is 6.53. The number of carbonyl (C=O) groups excluding carboxylic acids is 4. The van der Waals surface area contributed by atoms with Crippen molar-refractivity contribution in [1.29, 1.82) is 0 Å². The smallest absolute Gasteiger partial charge is 0.343 e. The molecule has 1 heterocycles. The van der Waals surface area contributed by atoms with Gasteiger partial charge in [-0.25, -0.2) is 14.5 Å². The second kappa shape index (κ2) is 11.3. The molecule has 0 saturated carbocycles. The van der Waals surface area contributed by atoms with Gasteiger partial charge in [0, 0.05) is 5.69 Å². The van der Waals surface area contributed by atoms with E-state index < -0.39 is 23.8 Å². The maximum absolute atomic E-state index is 13.2. The van der Waals surface area contributed by atoms with Gasteiger partial charge in [-0.3, -0.25) is 9.59 Å². The SMILES string of the molecule is CCCOC(=O)c1ccccc1N1C(=O)C(Cl)=C(Nc2ccc(C(=O)Oc3cc(C)ccc3C)cc2)C1=O. The van der Waals surface area contributed by atoms with Crippen LogP contribution in [0.5, 0.6) is 5.75 Å². The van der Waals surface area contributed by atoms with Crippen molar-refractivity contribution in [3.05, 3.63) is 99.7 Å². The highest BCUT2D eigenvalue weighted by atomic mass is 35.5. The van der Waals surface area contributed by atoms with Crippen molar-refractivity contribution in [2.24, 2.45) is 0 Å². The zero-order chi connectivity index (χ0) is 27.4. The third-order valence-corrected chi connectivity index (χ3v) is 6.12. The summed E-state index contributed by atoms with van der Waals surface area (Å²) in [5, 5.41) is 2.52. The molecule has 1 N–H and O–H groups in total. The number of rotatable bonds is 8. The number of nitrogens with one attached hydrogen (secondary N) is 1. The van der Waals surface area contributed by atoms with Gasteiger partial charge in [-0.05, 0) is 73.9 Å².